The van der Waals surface area contributed by atoms with E-state index in [1.807, 2.05) is 0 Å². The Hall–Kier alpha value is -1.73. The van der Waals surface area contributed by atoms with Crippen molar-refractivity contribution in [3.63, 3.8) is 0 Å². The minimum absolute atomic E-state index is 0.194. The zero-order chi connectivity index (χ0) is 33.3. The molecule has 0 aromatic heterocycles. The van der Waals surface area contributed by atoms with Crippen LogP contribution in [0.1, 0.15) is 162 Å². The number of ether oxygens (including phenoxy) is 2. The van der Waals surface area contributed by atoms with Crippen LogP contribution in [0.3, 0.4) is 0 Å². The van der Waals surface area contributed by atoms with Crippen LogP contribution in [-0.4, -0.2) is 41.0 Å². The Morgan fingerprint density at radius 2 is 1.02 bits per heavy atom. The summed E-state index contributed by atoms with van der Waals surface area (Å²) in [4.78, 5) is 42.6. The van der Waals surface area contributed by atoms with Gasteiger partial charge in [-0.2, -0.15) is 0 Å². The highest BCUT2D eigenvalue weighted by molar-refractivity contribution is 7.46. The maximum Gasteiger partial charge on any atom is 0.469 e. The monoisotopic (exact) mass is 656 g/mol. The number of rotatable bonds is 32. The average Bonchev–Trinajstić information content (AvgIpc) is 3.00. The first-order chi connectivity index (χ1) is 21.8. The molecule has 9 heteroatoms. The molecule has 0 heterocycles. The summed E-state index contributed by atoms with van der Waals surface area (Å²) in [7, 11) is -4.75. The number of esters is 2. The SMILES string of the molecule is CCCC/C=C\CCCCCCCC(=O)OCC(COP(=O)(O)O)OC(=O)CCCCCCC/C=C\C/C=C\CCCCCC. The van der Waals surface area contributed by atoms with Crippen molar-refractivity contribution in [3.8, 4) is 0 Å². The molecule has 0 amide bonds. The van der Waals surface area contributed by atoms with Gasteiger partial charge in [0.25, 0.3) is 0 Å². The third-order valence-electron chi connectivity index (χ3n) is 7.38. The Morgan fingerprint density at radius 1 is 0.578 bits per heavy atom. The molecular formula is C36H65O8P. The van der Waals surface area contributed by atoms with E-state index < -0.39 is 32.5 Å². The first-order valence-corrected chi connectivity index (χ1v) is 19.3. The van der Waals surface area contributed by atoms with Crippen molar-refractivity contribution in [1.29, 1.82) is 0 Å². The average molecular weight is 657 g/mol. The maximum atomic E-state index is 12.3. The zero-order valence-electron chi connectivity index (χ0n) is 28.5. The van der Waals surface area contributed by atoms with E-state index >= 15 is 0 Å². The summed E-state index contributed by atoms with van der Waals surface area (Å²) >= 11 is 0. The number of allylic oxidation sites excluding steroid dienone is 6. The number of phosphoric acid groups is 1. The van der Waals surface area contributed by atoms with Crippen molar-refractivity contribution in [2.24, 2.45) is 0 Å². The van der Waals surface area contributed by atoms with Crippen LogP contribution in [0, 0.1) is 0 Å². The lowest BCUT2D eigenvalue weighted by Crippen LogP contribution is -2.29. The minimum Gasteiger partial charge on any atom is -0.462 e. The van der Waals surface area contributed by atoms with Crippen molar-refractivity contribution in [2.75, 3.05) is 13.2 Å². The van der Waals surface area contributed by atoms with Gasteiger partial charge in [-0.15, -0.1) is 0 Å². The smallest absolute Gasteiger partial charge is 0.462 e. The van der Waals surface area contributed by atoms with Crippen molar-refractivity contribution in [2.45, 2.75) is 168 Å². The molecule has 0 aromatic rings. The van der Waals surface area contributed by atoms with Gasteiger partial charge >= 0.3 is 19.8 Å². The fourth-order valence-electron chi connectivity index (χ4n) is 4.68. The van der Waals surface area contributed by atoms with Gasteiger partial charge in [0, 0.05) is 12.8 Å². The van der Waals surface area contributed by atoms with E-state index in [0.29, 0.717) is 12.8 Å². The van der Waals surface area contributed by atoms with Crippen LogP contribution in [0.4, 0.5) is 0 Å². The molecule has 0 aliphatic heterocycles. The largest absolute Gasteiger partial charge is 0.469 e. The van der Waals surface area contributed by atoms with Crippen LogP contribution in [0.5, 0.6) is 0 Å². The highest BCUT2D eigenvalue weighted by atomic mass is 31.2. The highest BCUT2D eigenvalue weighted by Crippen LogP contribution is 2.35. The maximum absolute atomic E-state index is 12.3. The van der Waals surface area contributed by atoms with E-state index in [4.69, 9.17) is 19.3 Å². The molecule has 0 saturated heterocycles. The number of hydrogen-bond acceptors (Lipinski definition) is 6. The van der Waals surface area contributed by atoms with Crippen LogP contribution in [-0.2, 0) is 28.2 Å². The van der Waals surface area contributed by atoms with Gasteiger partial charge in [-0.05, 0) is 64.2 Å². The Kier molecular flexibility index (Phi) is 31.0. The predicted octanol–water partition coefficient (Wildman–Crippen LogP) is 10.2. The standard InChI is InChI=1S/C36H65O8P/c1-3-5-7-9-11-13-15-16-17-18-19-21-23-25-27-29-31-36(38)44-34(33-43-45(39,40)41)32-42-35(37)30-28-26-24-22-20-14-12-10-8-6-4-2/h10,12-13,15,17-18,34H,3-9,11,14,16,19-33H2,1-2H3,(H2,39,40,41)/b12-10-,15-13-,18-17-. The van der Waals surface area contributed by atoms with E-state index in [1.165, 1.54) is 44.9 Å². The number of carbonyl (C=O) groups is 2. The summed E-state index contributed by atoms with van der Waals surface area (Å²) in [6, 6.07) is 0. The van der Waals surface area contributed by atoms with Gasteiger partial charge in [0.2, 0.25) is 0 Å². The van der Waals surface area contributed by atoms with Crippen LogP contribution in [0.25, 0.3) is 0 Å². The summed E-state index contributed by atoms with van der Waals surface area (Å²) in [6.07, 6.45) is 35.8. The Labute approximate surface area is 274 Å². The topological polar surface area (TPSA) is 119 Å². The van der Waals surface area contributed by atoms with Gasteiger partial charge in [0.05, 0.1) is 6.61 Å². The molecule has 0 aliphatic carbocycles. The quantitative estimate of drug-likeness (QED) is 0.0318. The normalized spacial score (nSPS) is 12.9. The Bertz CT molecular complexity index is 833. The third kappa shape index (κ3) is 35.0. The summed E-state index contributed by atoms with van der Waals surface area (Å²) in [5.41, 5.74) is 0. The van der Waals surface area contributed by atoms with Gasteiger partial charge < -0.3 is 19.3 Å². The number of unbranched alkanes of at least 4 members (excludes halogenated alkanes) is 16. The van der Waals surface area contributed by atoms with Gasteiger partial charge in [0.15, 0.2) is 6.10 Å². The Balaban J connectivity index is 4.03. The van der Waals surface area contributed by atoms with Crippen molar-refractivity contribution < 1.29 is 37.9 Å². The first kappa shape index (κ1) is 43.3. The lowest BCUT2D eigenvalue weighted by Gasteiger charge is -2.18. The molecule has 1 unspecified atom stereocenters. The predicted molar refractivity (Wildman–Crippen MR) is 184 cm³/mol. The van der Waals surface area contributed by atoms with Gasteiger partial charge in [-0.1, -0.05) is 121 Å². The molecule has 0 saturated carbocycles. The second-order valence-electron chi connectivity index (χ2n) is 11.8. The summed E-state index contributed by atoms with van der Waals surface area (Å²) in [5.74, 6) is -0.915. The Morgan fingerprint density at radius 3 is 1.56 bits per heavy atom. The molecule has 0 radical (unpaired) electrons. The molecule has 1 atom stereocenters. The molecule has 0 fully saturated rings. The first-order valence-electron chi connectivity index (χ1n) is 17.8. The summed E-state index contributed by atoms with van der Waals surface area (Å²) in [6.45, 7) is 3.59. The molecule has 2 N–H and O–H groups in total. The van der Waals surface area contributed by atoms with E-state index in [1.54, 1.807) is 0 Å². The summed E-state index contributed by atoms with van der Waals surface area (Å²) in [5, 5.41) is 0. The lowest BCUT2D eigenvalue weighted by molar-refractivity contribution is -0.161. The van der Waals surface area contributed by atoms with Crippen LogP contribution in [0.15, 0.2) is 36.5 Å². The molecule has 0 aliphatic rings. The van der Waals surface area contributed by atoms with E-state index in [-0.39, 0.29) is 19.4 Å². The van der Waals surface area contributed by atoms with E-state index in [9.17, 15) is 14.2 Å². The molecule has 262 valence electrons. The molecule has 0 spiro atoms. The number of carbonyl (C=O) groups excluding carboxylic acids is 2. The molecular weight excluding hydrogens is 591 g/mol. The molecule has 0 rings (SSSR count). The molecule has 0 bridgehead atoms. The van der Waals surface area contributed by atoms with Gasteiger partial charge in [0.1, 0.15) is 6.61 Å². The fourth-order valence-corrected chi connectivity index (χ4v) is 5.04. The fraction of sp³-hybridized carbons (Fsp3) is 0.778. The van der Waals surface area contributed by atoms with Crippen molar-refractivity contribution in [1.82, 2.24) is 0 Å². The second-order valence-corrected chi connectivity index (χ2v) is 13.1. The second kappa shape index (κ2) is 32.2. The van der Waals surface area contributed by atoms with E-state index in [0.717, 1.165) is 77.0 Å². The lowest BCUT2D eigenvalue weighted by atomic mass is 10.1. The minimum atomic E-state index is -4.75. The van der Waals surface area contributed by atoms with Gasteiger partial charge in [-0.25, -0.2) is 4.57 Å². The van der Waals surface area contributed by atoms with Crippen molar-refractivity contribution in [3.05, 3.63) is 36.5 Å². The van der Waals surface area contributed by atoms with Crippen LogP contribution >= 0.6 is 7.82 Å². The molecule has 45 heavy (non-hydrogen) atoms. The zero-order valence-corrected chi connectivity index (χ0v) is 29.4. The number of phosphoric ester groups is 1. The van der Waals surface area contributed by atoms with Gasteiger partial charge in [-0.3, -0.25) is 14.1 Å². The van der Waals surface area contributed by atoms with Crippen LogP contribution < -0.4 is 0 Å². The van der Waals surface area contributed by atoms with E-state index in [2.05, 4.69) is 54.8 Å². The summed E-state index contributed by atoms with van der Waals surface area (Å²) < 4.78 is 26.2. The third-order valence-corrected chi connectivity index (χ3v) is 7.87. The van der Waals surface area contributed by atoms with Crippen LogP contribution in [0.2, 0.25) is 0 Å². The number of hydrogen-bond donors (Lipinski definition) is 2. The molecule has 8 nitrogen and oxygen atoms in total. The van der Waals surface area contributed by atoms with Crippen molar-refractivity contribution >= 4 is 19.8 Å². The molecule has 0 aromatic carbocycles. The highest BCUT2D eigenvalue weighted by Gasteiger charge is 2.22.